The fraction of sp³-hybridized carbons (Fsp3) is 0.538. The van der Waals surface area contributed by atoms with Gasteiger partial charge < -0.3 is 9.88 Å². The molecule has 1 aliphatic rings. The van der Waals surface area contributed by atoms with Gasteiger partial charge in [0.25, 0.3) is 5.91 Å². The molecule has 0 spiro atoms. The molecule has 2 aromatic heterocycles. The van der Waals surface area contributed by atoms with Gasteiger partial charge in [-0.2, -0.15) is 0 Å². The largest absolute Gasteiger partial charge is 0.348 e. The smallest absolute Gasteiger partial charge is 0.267 e. The monoisotopic (exact) mass is 291 g/mol. The average Bonchev–Trinajstić information content (AvgIpc) is 3.17. The molecule has 1 fully saturated rings. The first-order chi connectivity index (χ1) is 9.79. The van der Waals surface area contributed by atoms with Gasteiger partial charge in [0.1, 0.15) is 10.7 Å². The number of rotatable bonds is 3. The summed E-state index contributed by atoms with van der Waals surface area (Å²) in [7, 11) is 0. The second-order valence-electron chi connectivity index (χ2n) is 4.94. The number of aromatic amines is 1. The third-order valence-corrected chi connectivity index (χ3v) is 4.53. The molecule has 0 radical (unpaired) electrons. The Morgan fingerprint density at radius 1 is 1.50 bits per heavy atom. The van der Waals surface area contributed by atoms with E-state index in [2.05, 4.69) is 19.6 Å². The van der Waals surface area contributed by atoms with Crippen LogP contribution in [-0.4, -0.2) is 43.5 Å². The molecule has 3 rings (SSSR count). The topological polar surface area (TPSA) is 74.8 Å². The molecule has 1 aliphatic heterocycles. The molecule has 1 saturated heterocycles. The Labute approximate surface area is 121 Å². The van der Waals surface area contributed by atoms with E-state index in [4.69, 9.17) is 0 Å². The highest BCUT2D eigenvalue weighted by Gasteiger charge is 2.27. The van der Waals surface area contributed by atoms with Gasteiger partial charge in [0.05, 0.1) is 5.69 Å². The van der Waals surface area contributed by atoms with Crippen molar-refractivity contribution in [3.63, 3.8) is 0 Å². The molecule has 0 saturated carbocycles. The van der Waals surface area contributed by atoms with Crippen LogP contribution in [0.5, 0.6) is 0 Å². The van der Waals surface area contributed by atoms with Gasteiger partial charge in [-0.1, -0.05) is 11.4 Å². The van der Waals surface area contributed by atoms with Crippen LogP contribution in [0.1, 0.15) is 46.9 Å². The van der Waals surface area contributed by atoms with Crippen molar-refractivity contribution in [2.75, 3.05) is 13.1 Å². The third-order valence-electron chi connectivity index (χ3n) is 3.77. The van der Waals surface area contributed by atoms with Crippen molar-refractivity contribution in [3.8, 4) is 0 Å². The molecule has 0 bridgehead atoms. The number of aryl methyl sites for hydroxylation is 1. The molecule has 0 atom stereocenters. The summed E-state index contributed by atoms with van der Waals surface area (Å²) < 4.78 is 3.89. The van der Waals surface area contributed by atoms with E-state index in [1.54, 1.807) is 6.20 Å². The van der Waals surface area contributed by atoms with Crippen LogP contribution < -0.4 is 0 Å². The number of H-pyrrole nitrogens is 1. The maximum atomic E-state index is 12.5. The van der Waals surface area contributed by atoms with Gasteiger partial charge in [-0.15, -0.1) is 5.10 Å². The highest BCUT2D eigenvalue weighted by Crippen LogP contribution is 2.27. The van der Waals surface area contributed by atoms with Crippen LogP contribution >= 0.6 is 11.5 Å². The summed E-state index contributed by atoms with van der Waals surface area (Å²) in [6.07, 6.45) is 6.28. The lowest BCUT2D eigenvalue weighted by molar-refractivity contribution is 0.0715. The average molecular weight is 291 g/mol. The van der Waals surface area contributed by atoms with E-state index in [0.717, 1.165) is 43.9 Å². The number of amides is 1. The summed E-state index contributed by atoms with van der Waals surface area (Å²) in [5, 5.41) is 4.01. The summed E-state index contributed by atoms with van der Waals surface area (Å²) in [4.78, 5) is 22.5. The Hall–Kier alpha value is -1.76. The molecule has 20 heavy (non-hydrogen) atoms. The predicted octanol–water partition coefficient (Wildman–Crippen LogP) is 1.84. The summed E-state index contributed by atoms with van der Waals surface area (Å²) in [5.41, 5.74) is 0.813. The molecule has 0 aromatic carbocycles. The quantitative estimate of drug-likeness (QED) is 0.936. The van der Waals surface area contributed by atoms with Gasteiger partial charge in [-0.05, 0) is 30.8 Å². The number of piperidine rings is 1. The maximum Gasteiger partial charge on any atom is 0.267 e. The zero-order valence-corrected chi connectivity index (χ0v) is 12.2. The molecule has 106 valence electrons. The summed E-state index contributed by atoms with van der Waals surface area (Å²) >= 11 is 1.20. The number of carbonyl (C=O) groups excluding carboxylic acids is 1. The van der Waals surface area contributed by atoms with Crippen molar-refractivity contribution in [2.24, 2.45) is 0 Å². The number of hydrogen-bond donors (Lipinski definition) is 1. The van der Waals surface area contributed by atoms with Crippen molar-refractivity contribution in [1.29, 1.82) is 0 Å². The maximum absolute atomic E-state index is 12.5. The molecular weight excluding hydrogens is 274 g/mol. The van der Waals surface area contributed by atoms with E-state index in [0.29, 0.717) is 10.8 Å². The summed E-state index contributed by atoms with van der Waals surface area (Å²) in [6, 6.07) is 0. The Morgan fingerprint density at radius 3 is 2.95 bits per heavy atom. The number of nitrogens with one attached hydrogen (secondary N) is 1. The van der Waals surface area contributed by atoms with Crippen LogP contribution in [-0.2, 0) is 6.42 Å². The molecule has 1 amide bonds. The van der Waals surface area contributed by atoms with Crippen molar-refractivity contribution in [3.05, 3.63) is 28.8 Å². The molecule has 1 N–H and O–H groups in total. The standard InChI is InChI=1S/C13H17N5OS/c1-2-10-11(20-17-16-10)13(19)18-7-3-9(4-8-18)12-14-5-6-15-12/h5-6,9H,2-4,7-8H2,1H3,(H,14,15). The zero-order chi connectivity index (χ0) is 13.9. The first-order valence-electron chi connectivity index (χ1n) is 6.89. The minimum absolute atomic E-state index is 0.0785. The van der Waals surface area contributed by atoms with Gasteiger partial charge in [-0.3, -0.25) is 4.79 Å². The lowest BCUT2D eigenvalue weighted by Gasteiger charge is -2.30. The van der Waals surface area contributed by atoms with Gasteiger partial charge in [0, 0.05) is 31.4 Å². The lowest BCUT2D eigenvalue weighted by atomic mass is 9.96. The molecular formula is C13H17N5OS. The highest BCUT2D eigenvalue weighted by atomic mass is 32.1. The number of likely N-dealkylation sites (tertiary alicyclic amines) is 1. The van der Waals surface area contributed by atoms with Crippen LogP contribution in [0.3, 0.4) is 0 Å². The minimum Gasteiger partial charge on any atom is -0.348 e. The van der Waals surface area contributed by atoms with E-state index in [9.17, 15) is 4.79 Å². The number of carbonyl (C=O) groups is 1. The van der Waals surface area contributed by atoms with E-state index < -0.39 is 0 Å². The summed E-state index contributed by atoms with van der Waals surface area (Å²) in [6.45, 7) is 3.53. The van der Waals surface area contributed by atoms with E-state index in [1.807, 2.05) is 18.0 Å². The van der Waals surface area contributed by atoms with Gasteiger partial charge in [0.15, 0.2) is 0 Å². The Kier molecular flexibility index (Phi) is 3.77. The van der Waals surface area contributed by atoms with Crippen LogP contribution in [0.2, 0.25) is 0 Å². The third kappa shape index (κ3) is 2.45. The molecule has 7 heteroatoms. The van der Waals surface area contributed by atoms with E-state index >= 15 is 0 Å². The Bertz CT molecular complexity index is 571. The lowest BCUT2D eigenvalue weighted by Crippen LogP contribution is -2.38. The van der Waals surface area contributed by atoms with Crippen LogP contribution in [0.25, 0.3) is 0 Å². The molecule has 3 heterocycles. The SMILES string of the molecule is CCc1nnsc1C(=O)N1CCC(c2ncc[nH]2)CC1. The van der Waals surface area contributed by atoms with Gasteiger partial charge in [0.2, 0.25) is 0 Å². The van der Waals surface area contributed by atoms with Crippen LogP contribution in [0.4, 0.5) is 0 Å². The van der Waals surface area contributed by atoms with Gasteiger partial charge >= 0.3 is 0 Å². The van der Waals surface area contributed by atoms with Crippen LogP contribution in [0, 0.1) is 0 Å². The zero-order valence-electron chi connectivity index (χ0n) is 11.4. The second-order valence-corrected chi connectivity index (χ2v) is 5.70. The van der Waals surface area contributed by atoms with Crippen molar-refractivity contribution in [2.45, 2.75) is 32.1 Å². The van der Waals surface area contributed by atoms with E-state index in [-0.39, 0.29) is 5.91 Å². The second kappa shape index (κ2) is 5.70. The Balaban J connectivity index is 1.65. The van der Waals surface area contributed by atoms with E-state index in [1.165, 1.54) is 11.5 Å². The molecule has 2 aromatic rings. The van der Waals surface area contributed by atoms with Crippen molar-refractivity contribution in [1.82, 2.24) is 24.5 Å². The number of imidazole rings is 1. The first kappa shape index (κ1) is 13.2. The number of nitrogens with zero attached hydrogens (tertiary/aromatic N) is 4. The fourth-order valence-corrected chi connectivity index (χ4v) is 3.32. The van der Waals surface area contributed by atoms with Crippen LogP contribution in [0.15, 0.2) is 12.4 Å². The molecule has 0 aliphatic carbocycles. The van der Waals surface area contributed by atoms with Crippen molar-refractivity contribution >= 4 is 17.4 Å². The number of hydrogen-bond acceptors (Lipinski definition) is 5. The predicted molar refractivity (Wildman–Crippen MR) is 75.8 cm³/mol. The summed E-state index contributed by atoms with van der Waals surface area (Å²) in [5.74, 6) is 1.54. The van der Waals surface area contributed by atoms with Crippen molar-refractivity contribution < 1.29 is 4.79 Å². The normalized spacial score (nSPS) is 16.6. The minimum atomic E-state index is 0.0785. The number of aromatic nitrogens is 4. The highest BCUT2D eigenvalue weighted by molar-refractivity contribution is 7.08. The molecule has 0 unspecified atom stereocenters. The fourth-order valence-electron chi connectivity index (χ4n) is 2.60. The Morgan fingerprint density at radius 2 is 2.30 bits per heavy atom. The molecule has 6 nitrogen and oxygen atoms in total. The van der Waals surface area contributed by atoms with Gasteiger partial charge in [-0.25, -0.2) is 4.98 Å². The first-order valence-corrected chi connectivity index (χ1v) is 7.66.